The summed E-state index contributed by atoms with van der Waals surface area (Å²) in [6.07, 6.45) is -0.810. The Hall–Kier alpha value is -5.93. The van der Waals surface area contributed by atoms with Gasteiger partial charge < -0.3 is 96.1 Å². The maximum atomic E-state index is 12.9. The van der Waals surface area contributed by atoms with E-state index in [1.807, 2.05) is 96.1 Å². The van der Waals surface area contributed by atoms with E-state index in [1.54, 1.807) is 97.3 Å². The zero-order chi connectivity index (χ0) is 113. The quantitative estimate of drug-likeness (QED) is 0.0102. The van der Waals surface area contributed by atoms with Gasteiger partial charge in [0.25, 0.3) is 10.1 Å². The average molecular weight is 2210 g/mol. The third-order valence-electron chi connectivity index (χ3n) is 24.7. The summed E-state index contributed by atoms with van der Waals surface area (Å²) in [5.41, 5.74) is -3.35. The van der Waals surface area contributed by atoms with Crippen molar-refractivity contribution in [2.24, 2.45) is 29.6 Å². The first-order valence-electron chi connectivity index (χ1n) is 49.0. The highest BCUT2D eigenvalue weighted by atomic mass is 32.2. The van der Waals surface area contributed by atoms with E-state index in [4.69, 9.17) is 59.8 Å². The number of ether oxygens (including phenoxy) is 5. The number of carbonyl (C=O) groups excluding carboxylic acids is 6. The molecule has 10 N–H and O–H groups in total. The third-order valence-corrected chi connectivity index (χ3v) is 51.8. The van der Waals surface area contributed by atoms with Gasteiger partial charge in [-0.1, -0.05) is 191 Å². The normalized spacial score (nSPS) is 20.4. The van der Waals surface area contributed by atoms with Crippen LogP contribution in [0.5, 0.6) is 0 Å². The number of carbonyl (C=O) groups is 7. The Morgan fingerprint density at radius 2 is 0.757 bits per heavy atom. The van der Waals surface area contributed by atoms with Crippen molar-refractivity contribution in [2.45, 2.75) is 351 Å². The van der Waals surface area contributed by atoms with Crippen LogP contribution in [-0.4, -0.2) is 301 Å². The standard InChI is InChI=1S/C28H51NO5Si2.C27H51NO8SSi2.C16H34N2O5SSi.C10H18N2O6S.C10H18N2O5S.C6H15N/c1-14-22(20-32-35(12,13)27(5,6)7)24(29-25(30)34-26(2,3)4)21-33-36(31-11,28(8,9)10)23-18-16-15-17-19-23;1-25(2,3)36-24(29)28-23(21(20-37(30,31)32)18-34-38(11,12)26(4,5)6)19-35-39(33-10,27(7,8)9)22-16-14-13-15-17-22;1-15(2,3)23-14(19)18-13-9-17-24(20,21)11-12(13)10-22-25(7,8)16(4,5)6;1-10(2,3)18-9(15)12-7-4-11-19(16,17)5-6(7)8(13)14;1-10(2,3)17-9(14)12-8-4-11-18(15,16)6-7(8)5-13;1-4-7(5-2)6-3/h14-19,22,24H,1,20-21H2,2-13H3,(H,29,30);13-17,21,23H,18-20H2,1-12H3,(H,28,29)(H,30,31,32);12-13,17H,9-11H2,1-8H3,(H,18,19);6-7,11H,4-5H2,1-3H3,(H,12,15)(H,13,14);5,7-8,11H,4,6H2,1-3H3,(H,12,14);4-6H2,1-3H3/t22-,24+,36?;21-,23-,39?;12-,13-;6-,7-;7-,8-;/m01111./s1. The fraction of sp³-hybridized carbons (Fsp3) is 0.784. The Morgan fingerprint density at radius 1 is 0.444 bits per heavy atom. The summed E-state index contributed by atoms with van der Waals surface area (Å²) in [5, 5.41) is 23.8. The number of nitrogens with zero attached hydrogens (tertiary/aromatic N) is 1. The van der Waals surface area contributed by atoms with Crippen molar-refractivity contribution in [2.75, 3.05) is 110 Å². The molecule has 12 atom stereocenters. The maximum absolute atomic E-state index is 12.9. The topological polar surface area (TPSA) is 507 Å². The third kappa shape index (κ3) is 51.3. The number of hydrogen-bond donors (Lipinski definition) is 10. The average Bonchev–Trinajstić information content (AvgIpc) is 0.770. The number of sulfonamides is 3. The first-order chi connectivity index (χ1) is 64.7. The Morgan fingerprint density at radius 3 is 1.08 bits per heavy atom. The molecular weight excluding hydrogens is 2020 g/mol. The highest BCUT2D eigenvalue weighted by molar-refractivity contribution is 7.90. The molecule has 3 heterocycles. The SMILES string of the molecule is C=C[C@@H](CO[Si](C)(C)C(C)(C)C)[C@@H](CO[Si](OC)(c1ccccc1)C(C)(C)C)NC(=O)OC(C)(C)C.CC(C)(C)OC(=O)N[C@@H]1CNS(=O)(=O)C[C@H]1C(=O)O.CC(C)(C)OC(=O)N[C@@H]1CNS(=O)(=O)C[C@H]1C=O.CC(C)(C)OC(=O)N[C@@H]1CNS(=O)(=O)C[C@H]1CO[Si](C)(C)C(C)(C)C.CCN(CC)CC.CO[Si](OC[C@@H](NC(=O)OC(C)(C)C)[C@H](CO[Si](C)(C)C(C)(C)C)CS(=O)(=O)O)(c1ccccc1)C(C)(C)C. The zero-order valence-corrected chi connectivity index (χ0v) is 103. The number of nitrogens with one attached hydrogen (secondary N) is 8. The number of aldehydes is 1. The van der Waals surface area contributed by atoms with Crippen molar-refractivity contribution in [3.05, 3.63) is 73.3 Å². The highest BCUT2D eigenvalue weighted by Gasteiger charge is 2.54. The van der Waals surface area contributed by atoms with Gasteiger partial charge in [0, 0.05) is 81.5 Å². The van der Waals surface area contributed by atoms with Gasteiger partial charge in [-0.05, 0) is 188 Å². The van der Waals surface area contributed by atoms with Gasteiger partial charge in [0.15, 0.2) is 25.0 Å². The second-order valence-corrected chi connectivity index (χ2v) is 77.4. The van der Waals surface area contributed by atoms with Crippen LogP contribution in [0.2, 0.25) is 64.5 Å². The van der Waals surface area contributed by atoms with Gasteiger partial charge in [0.1, 0.15) is 34.3 Å². The van der Waals surface area contributed by atoms with Crippen LogP contribution in [0.4, 0.5) is 24.0 Å². The van der Waals surface area contributed by atoms with E-state index < -0.39 is 205 Å². The molecule has 5 rings (SSSR count). The molecule has 0 radical (unpaired) electrons. The molecule has 144 heavy (non-hydrogen) atoms. The van der Waals surface area contributed by atoms with E-state index >= 15 is 0 Å². The second-order valence-electron chi connectivity index (χ2n) is 47.9. The van der Waals surface area contributed by atoms with E-state index in [0.717, 1.165) is 10.4 Å². The molecule has 3 saturated heterocycles. The molecule has 5 amide bonds. The number of alkyl carbamates (subject to hydrolysis) is 5. The van der Waals surface area contributed by atoms with Gasteiger partial charge in [0.2, 0.25) is 30.1 Å². The van der Waals surface area contributed by atoms with Gasteiger partial charge in [0.05, 0.1) is 78.3 Å². The fourth-order valence-corrected chi connectivity index (χ4v) is 28.8. The van der Waals surface area contributed by atoms with Crippen LogP contribution in [0, 0.1) is 29.6 Å². The summed E-state index contributed by atoms with van der Waals surface area (Å²) >= 11 is 0. The molecule has 2 aromatic carbocycles. The minimum absolute atomic E-state index is 0.00248. The first kappa shape index (κ1) is 138. The van der Waals surface area contributed by atoms with E-state index in [-0.39, 0.29) is 89.0 Å². The van der Waals surface area contributed by atoms with Crippen LogP contribution in [0.1, 0.15) is 228 Å². The van der Waals surface area contributed by atoms with Crippen LogP contribution in [0.3, 0.4) is 0 Å². The number of carboxylic acids is 1. The van der Waals surface area contributed by atoms with E-state index in [2.05, 4.69) is 207 Å². The van der Waals surface area contributed by atoms with Crippen molar-refractivity contribution in [3.63, 3.8) is 0 Å². The van der Waals surface area contributed by atoms with Gasteiger partial charge in [-0.25, -0.2) is 63.4 Å². The number of hydrogen-bond acceptors (Lipinski definition) is 28. The van der Waals surface area contributed by atoms with Crippen molar-refractivity contribution in [3.8, 4) is 0 Å². The van der Waals surface area contributed by atoms with Crippen molar-refractivity contribution < 1.29 is 132 Å². The van der Waals surface area contributed by atoms with Crippen molar-refractivity contribution in [1.82, 2.24) is 45.7 Å². The Bertz CT molecular complexity index is 4790. The minimum atomic E-state index is -4.41. The highest BCUT2D eigenvalue weighted by Crippen LogP contribution is 2.43. The number of benzene rings is 2. The lowest BCUT2D eigenvalue weighted by atomic mass is 10.0. The lowest BCUT2D eigenvalue weighted by molar-refractivity contribution is -0.142. The van der Waals surface area contributed by atoms with E-state index in [0.29, 0.717) is 19.5 Å². The summed E-state index contributed by atoms with van der Waals surface area (Å²) in [5.74, 6) is -6.11. The summed E-state index contributed by atoms with van der Waals surface area (Å²) < 4.78 is 181. The van der Waals surface area contributed by atoms with Crippen LogP contribution in [0.25, 0.3) is 0 Å². The van der Waals surface area contributed by atoms with Crippen LogP contribution in [-0.2, 0) is 104 Å². The molecule has 0 aliphatic carbocycles. The Balaban J connectivity index is 0.00000179. The largest absolute Gasteiger partial charge is 0.481 e. The second kappa shape index (κ2) is 56.4. The molecule has 38 nitrogen and oxygen atoms in total. The molecule has 2 aromatic rings. The smallest absolute Gasteiger partial charge is 0.407 e. The summed E-state index contributed by atoms with van der Waals surface area (Å²) in [6.45, 7) is 85.9. The molecule has 0 bridgehead atoms. The molecule has 47 heteroatoms. The van der Waals surface area contributed by atoms with Gasteiger partial charge in [-0.2, -0.15) is 8.42 Å². The first-order valence-corrected chi connectivity index (χ1v) is 67.9. The molecule has 0 saturated carbocycles. The fourth-order valence-electron chi connectivity index (χ4n) is 13.6. The van der Waals surface area contributed by atoms with Crippen molar-refractivity contribution >= 4 is 135 Å². The van der Waals surface area contributed by atoms with Crippen molar-refractivity contribution in [1.29, 1.82) is 0 Å². The Labute approximate surface area is 870 Å². The molecular formula is C97H187N9O29S4Si5. The lowest BCUT2D eigenvalue weighted by Crippen LogP contribution is -2.62. The summed E-state index contributed by atoms with van der Waals surface area (Å²) in [6, 6.07) is 16.7. The minimum Gasteiger partial charge on any atom is -0.481 e. The predicted molar refractivity (Wildman–Crippen MR) is 581 cm³/mol. The van der Waals surface area contributed by atoms with Crippen LogP contribution >= 0.6 is 0 Å². The summed E-state index contributed by atoms with van der Waals surface area (Å²) in [7, 11) is -23.8. The molecule has 0 spiro atoms. The predicted octanol–water partition coefficient (Wildman–Crippen LogP) is 14.7. The van der Waals surface area contributed by atoms with Gasteiger partial charge >= 0.3 is 53.6 Å². The molecule has 3 aliphatic rings. The molecule has 2 unspecified atom stereocenters. The monoisotopic (exact) mass is 2210 g/mol. The van der Waals surface area contributed by atoms with Gasteiger partial charge in [-0.15, -0.1) is 6.58 Å². The van der Waals surface area contributed by atoms with E-state index in [1.165, 1.54) is 19.6 Å². The number of aliphatic carboxylic acids is 1. The molecule has 0 aromatic heterocycles. The van der Waals surface area contributed by atoms with Crippen LogP contribution in [0.15, 0.2) is 73.3 Å². The van der Waals surface area contributed by atoms with Gasteiger partial charge in [-0.3, -0.25) is 9.35 Å². The number of carboxylic acid groups (broad SMARTS) is 1. The Kier molecular flexibility index (Phi) is 54.1. The zero-order valence-electron chi connectivity index (χ0n) is 94.5. The molecule has 838 valence electrons. The molecule has 3 fully saturated rings. The maximum Gasteiger partial charge on any atom is 0.407 e. The van der Waals surface area contributed by atoms with Crippen LogP contribution < -0.4 is 51.1 Å². The molecule has 3 aliphatic heterocycles. The summed E-state index contributed by atoms with van der Waals surface area (Å²) in [4.78, 5) is 85.1. The number of amides is 5. The van der Waals surface area contributed by atoms with E-state index in [9.17, 15) is 71.8 Å². The lowest BCUT2D eigenvalue weighted by Gasteiger charge is -2.42. The number of rotatable bonds is 34.